The van der Waals surface area contributed by atoms with E-state index in [1.165, 1.54) is 0 Å². The van der Waals surface area contributed by atoms with E-state index in [2.05, 4.69) is 19.8 Å². The molecule has 0 radical (unpaired) electrons. The Labute approximate surface area is 170 Å². The Morgan fingerprint density at radius 3 is 2.63 bits per heavy atom. The molecule has 0 aliphatic carbocycles. The molecule has 0 bridgehead atoms. The summed E-state index contributed by atoms with van der Waals surface area (Å²) < 4.78 is 49.8. The Kier molecular flexibility index (Phi) is 6.44. The first-order valence-electron chi connectivity index (χ1n) is 9.31. The summed E-state index contributed by atoms with van der Waals surface area (Å²) in [5.74, 6) is 0. The molecule has 3 rings (SSSR count). The summed E-state index contributed by atoms with van der Waals surface area (Å²) in [5, 5.41) is 12.9. The van der Waals surface area contributed by atoms with E-state index < -0.39 is 25.0 Å². The molecule has 0 spiro atoms. The van der Waals surface area contributed by atoms with Crippen LogP contribution in [0.15, 0.2) is 18.5 Å². The van der Waals surface area contributed by atoms with Gasteiger partial charge in [0.15, 0.2) is 0 Å². The molecular weight excluding hydrogens is 407 g/mol. The molecule has 1 atom stereocenters. The molecule has 30 heavy (non-hydrogen) atoms. The molecule has 164 valence electrons. The number of rotatable bonds is 5. The predicted molar refractivity (Wildman–Crippen MR) is 97.6 cm³/mol. The molecule has 1 amide bonds. The lowest BCUT2D eigenvalue weighted by atomic mass is 10.1. The van der Waals surface area contributed by atoms with E-state index in [0.717, 1.165) is 16.2 Å². The Morgan fingerprint density at radius 2 is 2.07 bits per heavy atom. The fourth-order valence-electron chi connectivity index (χ4n) is 3.06. The van der Waals surface area contributed by atoms with Crippen molar-refractivity contribution in [3.05, 3.63) is 24.0 Å². The van der Waals surface area contributed by atoms with Gasteiger partial charge in [0.05, 0.1) is 18.0 Å². The summed E-state index contributed by atoms with van der Waals surface area (Å²) in [5.41, 5.74) is 2.34. The van der Waals surface area contributed by atoms with Crippen LogP contribution in [0.1, 0.15) is 18.4 Å². The van der Waals surface area contributed by atoms with Crippen LogP contribution in [0.5, 0.6) is 6.01 Å². The minimum absolute atomic E-state index is 0.153. The number of hydrogen-bond donors (Lipinski definition) is 1. The molecule has 1 N–H and O–H groups in total. The van der Waals surface area contributed by atoms with Crippen LogP contribution in [0, 0.1) is 6.92 Å². The number of amides is 1. The number of carbonyl (C=O) groups excluding carboxylic acids is 1. The standard InChI is InChI=1S/C18H22F3N5O4/c1-11-9-22-16(24-15(11)13-3-6-23-25(13)2)29-12-4-7-26(8-5-12)17(28)30-14(10-27)18(19,20)21/h3,6,9,12,14,27H,4-5,7-8,10H2,1-2H3/t14-/m1/s1. The average molecular weight is 429 g/mol. The minimum Gasteiger partial charge on any atom is -0.460 e. The summed E-state index contributed by atoms with van der Waals surface area (Å²) in [7, 11) is 1.80. The zero-order valence-electron chi connectivity index (χ0n) is 16.5. The second-order valence-electron chi connectivity index (χ2n) is 6.93. The third-order valence-corrected chi connectivity index (χ3v) is 4.76. The quantitative estimate of drug-likeness (QED) is 0.776. The highest BCUT2D eigenvalue weighted by atomic mass is 19.4. The van der Waals surface area contributed by atoms with Crippen LogP contribution in [0.25, 0.3) is 11.4 Å². The summed E-state index contributed by atoms with van der Waals surface area (Å²) >= 11 is 0. The van der Waals surface area contributed by atoms with Crippen molar-refractivity contribution in [1.29, 1.82) is 0 Å². The monoisotopic (exact) mass is 429 g/mol. The van der Waals surface area contributed by atoms with Gasteiger partial charge in [-0.25, -0.2) is 9.78 Å². The average Bonchev–Trinajstić information content (AvgIpc) is 3.12. The summed E-state index contributed by atoms with van der Waals surface area (Å²) in [6.07, 6.45) is -4.71. The fraction of sp³-hybridized carbons (Fsp3) is 0.556. The molecule has 1 aliphatic rings. The van der Waals surface area contributed by atoms with Gasteiger partial charge in [0.25, 0.3) is 0 Å². The molecule has 0 saturated carbocycles. The number of carbonyl (C=O) groups is 1. The smallest absolute Gasteiger partial charge is 0.427 e. The van der Waals surface area contributed by atoms with Crippen molar-refractivity contribution in [1.82, 2.24) is 24.6 Å². The summed E-state index contributed by atoms with van der Waals surface area (Å²) in [6, 6.07) is 2.00. The Morgan fingerprint density at radius 1 is 1.37 bits per heavy atom. The maximum absolute atomic E-state index is 12.6. The first-order valence-corrected chi connectivity index (χ1v) is 9.31. The first kappa shape index (κ1) is 21.8. The topological polar surface area (TPSA) is 103 Å². The number of likely N-dealkylation sites (tertiary alicyclic amines) is 1. The number of nitrogens with zero attached hydrogens (tertiary/aromatic N) is 5. The number of alkyl halides is 3. The molecular formula is C18H22F3N5O4. The molecule has 9 nitrogen and oxygen atoms in total. The summed E-state index contributed by atoms with van der Waals surface area (Å²) in [6.45, 7) is 0.856. The van der Waals surface area contributed by atoms with Crippen molar-refractivity contribution >= 4 is 6.09 Å². The molecule has 0 unspecified atom stereocenters. The highest BCUT2D eigenvalue weighted by molar-refractivity contribution is 5.68. The van der Waals surface area contributed by atoms with Crippen molar-refractivity contribution in [3.8, 4) is 17.4 Å². The first-order chi connectivity index (χ1) is 14.2. The van der Waals surface area contributed by atoms with E-state index in [-0.39, 0.29) is 25.2 Å². The molecule has 2 aromatic heterocycles. The van der Waals surface area contributed by atoms with Crippen molar-refractivity contribution < 1.29 is 32.5 Å². The van der Waals surface area contributed by atoms with E-state index >= 15 is 0 Å². The molecule has 1 aliphatic heterocycles. The van der Waals surface area contributed by atoms with Crippen LogP contribution in [0.3, 0.4) is 0 Å². The van der Waals surface area contributed by atoms with Gasteiger partial charge in [0, 0.05) is 45.4 Å². The fourth-order valence-corrected chi connectivity index (χ4v) is 3.06. The Balaban J connectivity index is 1.58. The van der Waals surface area contributed by atoms with E-state index in [1.54, 1.807) is 24.1 Å². The van der Waals surface area contributed by atoms with Crippen molar-refractivity contribution in [2.45, 2.75) is 38.1 Å². The highest BCUT2D eigenvalue weighted by Gasteiger charge is 2.43. The zero-order chi connectivity index (χ0) is 21.9. The SMILES string of the molecule is Cc1cnc(OC2CCN(C(=O)O[C@H](CO)C(F)(F)F)CC2)nc1-c1ccnn1C. The van der Waals surface area contributed by atoms with Crippen molar-refractivity contribution in [3.63, 3.8) is 0 Å². The molecule has 3 heterocycles. The summed E-state index contributed by atoms with van der Waals surface area (Å²) in [4.78, 5) is 21.7. The number of aromatic nitrogens is 4. The number of hydrogen-bond acceptors (Lipinski definition) is 7. The Bertz CT molecular complexity index is 881. The number of halogens is 3. The van der Waals surface area contributed by atoms with Gasteiger partial charge in [0.2, 0.25) is 6.10 Å². The van der Waals surface area contributed by atoms with Crippen molar-refractivity contribution in [2.24, 2.45) is 7.05 Å². The number of aliphatic hydroxyl groups excluding tert-OH is 1. The molecule has 1 fully saturated rings. The zero-order valence-corrected chi connectivity index (χ0v) is 16.5. The van der Waals surface area contributed by atoms with Gasteiger partial charge in [-0.05, 0) is 18.6 Å². The molecule has 0 aromatic carbocycles. The maximum Gasteiger partial charge on any atom is 0.427 e. The Hall–Kier alpha value is -2.89. The maximum atomic E-state index is 12.6. The van der Waals surface area contributed by atoms with Crippen LogP contribution in [0.2, 0.25) is 0 Å². The third kappa shape index (κ3) is 4.99. The van der Waals surface area contributed by atoms with Gasteiger partial charge in [-0.2, -0.15) is 23.3 Å². The lowest BCUT2D eigenvalue weighted by Gasteiger charge is -2.32. The second-order valence-corrected chi connectivity index (χ2v) is 6.93. The van der Waals surface area contributed by atoms with Crippen LogP contribution >= 0.6 is 0 Å². The van der Waals surface area contributed by atoms with Gasteiger partial charge in [-0.3, -0.25) is 4.68 Å². The van der Waals surface area contributed by atoms with E-state index in [9.17, 15) is 18.0 Å². The van der Waals surface area contributed by atoms with Crippen molar-refractivity contribution in [2.75, 3.05) is 19.7 Å². The van der Waals surface area contributed by atoms with Gasteiger partial charge in [0.1, 0.15) is 6.10 Å². The van der Waals surface area contributed by atoms with Crippen LogP contribution in [-0.2, 0) is 11.8 Å². The van der Waals surface area contributed by atoms with E-state index in [0.29, 0.717) is 18.5 Å². The third-order valence-electron chi connectivity index (χ3n) is 4.76. The second kappa shape index (κ2) is 8.86. The van der Waals surface area contributed by atoms with Crippen LogP contribution < -0.4 is 4.74 Å². The van der Waals surface area contributed by atoms with Gasteiger partial charge >= 0.3 is 18.3 Å². The normalized spacial score (nSPS) is 16.4. The largest absolute Gasteiger partial charge is 0.460 e. The minimum atomic E-state index is -4.82. The number of aliphatic hydroxyl groups is 1. The van der Waals surface area contributed by atoms with Gasteiger partial charge in [-0.15, -0.1) is 0 Å². The predicted octanol–water partition coefficient (Wildman–Crippen LogP) is 2.09. The van der Waals surface area contributed by atoms with Gasteiger partial charge < -0.3 is 19.5 Å². The lowest BCUT2D eigenvalue weighted by Crippen LogP contribution is -2.46. The van der Waals surface area contributed by atoms with Crippen LogP contribution in [-0.4, -0.2) is 73.9 Å². The van der Waals surface area contributed by atoms with Gasteiger partial charge in [-0.1, -0.05) is 0 Å². The highest BCUT2D eigenvalue weighted by Crippen LogP contribution is 2.25. The van der Waals surface area contributed by atoms with E-state index in [4.69, 9.17) is 9.84 Å². The lowest BCUT2D eigenvalue weighted by molar-refractivity contribution is -0.214. The van der Waals surface area contributed by atoms with E-state index in [1.807, 2.05) is 13.0 Å². The number of aryl methyl sites for hydroxylation is 2. The number of ether oxygens (including phenoxy) is 2. The molecule has 2 aromatic rings. The number of piperidine rings is 1. The van der Waals surface area contributed by atoms with Crippen LogP contribution in [0.4, 0.5) is 18.0 Å². The molecule has 1 saturated heterocycles. The molecule has 12 heteroatoms.